The molecule has 0 fully saturated rings. The van der Waals surface area contributed by atoms with Crippen LogP contribution in [0, 0.1) is 0 Å². The van der Waals surface area contributed by atoms with E-state index in [0.29, 0.717) is 23.2 Å². The van der Waals surface area contributed by atoms with E-state index >= 15 is 0 Å². The third-order valence-corrected chi connectivity index (χ3v) is 1.74. The fourth-order valence-corrected chi connectivity index (χ4v) is 0.965. The smallest absolute Gasteiger partial charge is 0.213 e. The van der Waals surface area contributed by atoms with Crippen LogP contribution in [-0.2, 0) is 6.61 Å². The number of hydrogen-bond acceptors (Lipinski definition) is 3. The van der Waals surface area contributed by atoms with E-state index in [1.54, 1.807) is 18.2 Å². The molecule has 4 heteroatoms. The molecule has 0 radical (unpaired) electrons. The number of pyridine rings is 1. The Bertz CT molecular complexity index is 302. The summed E-state index contributed by atoms with van der Waals surface area (Å²) in [6.07, 6.45) is 1.62. The molecule has 0 unspecified atom stereocenters. The molecule has 13 heavy (non-hydrogen) atoms. The van der Waals surface area contributed by atoms with Crippen LogP contribution < -0.4 is 4.74 Å². The molecule has 0 aliphatic heterocycles. The summed E-state index contributed by atoms with van der Waals surface area (Å²) in [5, 5.41) is 9.28. The number of halogens is 1. The lowest BCUT2D eigenvalue weighted by atomic mass is 10.3. The van der Waals surface area contributed by atoms with Crippen molar-refractivity contribution in [2.45, 2.75) is 6.61 Å². The van der Waals surface area contributed by atoms with Crippen molar-refractivity contribution in [1.82, 2.24) is 4.98 Å². The fraction of sp³-hybridized carbons (Fsp3) is 0.222. The Morgan fingerprint density at radius 2 is 2.38 bits per heavy atom. The molecule has 1 aromatic heterocycles. The number of nitrogens with zero attached hydrogens (tertiary/aromatic N) is 1. The lowest BCUT2D eigenvalue weighted by molar-refractivity contribution is 0.273. The third-order valence-electron chi connectivity index (χ3n) is 1.39. The van der Waals surface area contributed by atoms with E-state index in [1.165, 1.54) is 0 Å². The number of aliphatic hydroxyl groups excluding tert-OH is 1. The van der Waals surface area contributed by atoms with Crippen molar-refractivity contribution in [2.75, 3.05) is 6.61 Å². The molecule has 0 spiro atoms. The van der Waals surface area contributed by atoms with Crippen molar-refractivity contribution in [2.24, 2.45) is 0 Å². The van der Waals surface area contributed by atoms with Gasteiger partial charge in [-0.05, 0) is 6.07 Å². The van der Waals surface area contributed by atoms with Crippen LogP contribution in [0.25, 0.3) is 0 Å². The number of ether oxygens (including phenoxy) is 1. The SMILES string of the molecule is C=CCOc1ccc(Cl)c(CO)n1. The highest BCUT2D eigenvalue weighted by Crippen LogP contribution is 2.17. The first-order valence-corrected chi connectivity index (χ1v) is 4.15. The van der Waals surface area contributed by atoms with Gasteiger partial charge >= 0.3 is 0 Å². The van der Waals surface area contributed by atoms with Gasteiger partial charge in [0.1, 0.15) is 6.61 Å². The van der Waals surface area contributed by atoms with E-state index in [9.17, 15) is 0 Å². The van der Waals surface area contributed by atoms with Crippen LogP contribution >= 0.6 is 11.6 Å². The Labute approximate surface area is 81.6 Å². The van der Waals surface area contributed by atoms with Gasteiger partial charge in [-0.1, -0.05) is 24.3 Å². The molecule has 0 aliphatic rings. The second kappa shape index (κ2) is 4.84. The summed E-state index contributed by atoms with van der Waals surface area (Å²) in [5.74, 6) is 0.438. The average molecular weight is 200 g/mol. The minimum absolute atomic E-state index is 0.190. The summed E-state index contributed by atoms with van der Waals surface area (Å²) in [6.45, 7) is 3.71. The van der Waals surface area contributed by atoms with Gasteiger partial charge in [-0.25, -0.2) is 4.98 Å². The lowest BCUT2D eigenvalue weighted by Gasteiger charge is -2.04. The number of hydrogen-bond donors (Lipinski definition) is 1. The maximum atomic E-state index is 8.85. The van der Waals surface area contributed by atoms with Crippen LogP contribution in [0.2, 0.25) is 5.02 Å². The van der Waals surface area contributed by atoms with Crippen LogP contribution in [-0.4, -0.2) is 16.7 Å². The van der Waals surface area contributed by atoms with Crippen LogP contribution in [0.5, 0.6) is 5.88 Å². The van der Waals surface area contributed by atoms with Crippen LogP contribution in [0.3, 0.4) is 0 Å². The number of rotatable bonds is 4. The summed E-state index contributed by atoms with van der Waals surface area (Å²) < 4.78 is 5.15. The predicted molar refractivity (Wildman–Crippen MR) is 50.9 cm³/mol. The molecule has 1 rings (SSSR count). The standard InChI is InChI=1S/C9H10ClNO2/c1-2-5-13-9-4-3-7(10)8(6-12)11-9/h2-4,12H,1,5-6H2. The molecule has 0 saturated heterocycles. The van der Waals surface area contributed by atoms with Crippen LogP contribution in [0.15, 0.2) is 24.8 Å². The van der Waals surface area contributed by atoms with Gasteiger partial charge in [0.25, 0.3) is 0 Å². The topological polar surface area (TPSA) is 42.4 Å². The monoisotopic (exact) mass is 199 g/mol. The molecule has 0 amide bonds. The second-order valence-electron chi connectivity index (χ2n) is 2.34. The van der Waals surface area contributed by atoms with Gasteiger partial charge in [0, 0.05) is 6.07 Å². The maximum Gasteiger partial charge on any atom is 0.213 e. The Kier molecular flexibility index (Phi) is 3.73. The van der Waals surface area contributed by atoms with Gasteiger partial charge < -0.3 is 9.84 Å². The quantitative estimate of drug-likeness (QED) is 0.752. The van der Waals surface area contributed by atoms with Crippen molar-refractivity contribution < 1.29 is 9.84 Å². The highest BCUT2D eigenvalue weighted by Gasteiger charge is 2.02. The van der Waals surface area contributed by atoms with Gasteiger partial charge in [-0.3, -0.25) is 0 Å². The number of aromatic nitrogens is 1. The maximum absolute atomic E-state index is 8.85. The van der Waals surface area contributed by atoms with Gasteiger partial charge in [0.05, 0.1) is 17.3 Å². The molecule has 1 N–H and O–H groups in total. The molecule has 1 heterocycles. The summed E-state index contributed by atoms with van der Waals surface area (Å²) in [4.78, 5) is 3.98. The van der Waals surface area contributed by atoms with Crippen molar-refractivity contribution in [3.63, 3.8) is 0 Å². The normalized spacial score (nSPS) is 9.69. The van der Waals surface area contributed by atoms with E-state index in [-0.39, 0.29) is 6.61 Å². The van der Waals surface area contributed by atoms with E-state index in [4.69, 9.17) is 21.4 Å². The molecular formula is C9H10ClNO2. The molecule has 0 aliphatic carbocycles. The zero-order chi connectivity index (χ0) is 9.68. The minimum Gasteiger partial charge on any atom is -0.473 e. The summed E-state index contributed by atoms with van der Waals surface area (Å²) in [7, 11) is 0. The molecule has 1 aromatic rings. The van der Waals surface area contributed by atoms with Crippen molar-refractivity contribution in [3.05, 3.63) is 35.5 Å². The van der Waals surface area contributed by atoms with Crippen molar-refractivity contribution in [1.29, 1.82) is 0 Å². The molecule has 0 atom stereocenters. The largest absolute Gasteiger partial charge is 0.473 e. The molecule has 0 bridgehead atoms. The Morgan fingerprint density at radius 3 is 3.00 bits per heavy atom. The zero-order valence-corrected chi connectivity index (χ0v) is 7.79. The number of aliphatic hydroxyl groups is 1. The van der Waals surface area contributed by atoms with E-state index in [1.807, 2.05) is 0 Å². The van der Waals surface area contributed by atoms with Crippen molar-refractivity contribution >= 4 is 11.6 Å². The first-order chi connectivity index (χ1) is 6.27. The average Bonchev–Trinajstić information content (AvgIpc) is 2.16. The van der Waals surface area contributed by atoms with E-state index in [2.05, 4.69) is 11.6 Å². The predicted octanol–water partition coefficient (Wildman–Crippen LogP) is 1.79. The van der Waals surface area contributed by atoms with Crippen molar-refractivity contribution in [3.8, 4) is 5.88 Å². The lowest BCUT2D eigenvalue weighted by Crippen LogP contribution is -1.98. The zero-order valence-electron chi connectivity index (χ0n) is 7.03. The van der Waals surface area contributed by atoms with Crippen LogP contribution in [0.1, 0.15) is 5.69 Å². The Hall–Kier alpha value is -1.06. The van der Waals surface area contributed by atoms with E-state index < -0.39 is 0 Å². The molecule has 0 saturated carbocycles. The van der Waals surface area contributed by atoms with Gasteiger partial charge in [-0.2, -0.15) is 0 Å². The van der Waals surface area contributed by atoms with Crippen LogP contribution in [0.4, 0.5) is 0 Å². The minimum atomic E-state index is -0.190. The highest BCUT2D eigenvalue weighted by molar-refractivity contribution is 6.31. The first-order valence-electron chi connectivity index (χ1n) is 3.78. The summed E-state index contributed by atoms with van der Waals surface area (Å²) >= 11 is 5.73. The molecular weight excluding hydrogens is 190 g/mol. The van der Waals surface area contributed by atoms with Gasteiger partial charge in [0.15, 0.2) is 0 Å². The van der Waals surface area contributed by atoms with E-state index in [0.717, 1.165) is 0 Å². The van der Waals surface area contributed by atoms with Gasteiger partial charge in [0.2, 0.25) is 5.88 Å². The summed E-state index contributed by atoms with van der Waals surface area (Å²) in [6, 6.07) is 3.28. The van der Waals surface area contributed by atoms with Gasteiger partial charge in [-0.15, -0.1) is 0 Å². The Morgan fingerprint density at radius 1 is 1.62 bits per heavy atom. The Balaban J connectivity index is 2.79. The molecule has 0 aromatic carbocycles. The summed E-state index contributed by atoms with van der Waals surface area (Å²) in [5.41, 5.74) is 0.420. The molecule has 3 nitrogen and oxygen atoms in total. The first kappa shape index (κ1) is 10.0. The highest BCUT2D eigenvalue weighted by atomic mass is 35.5. The third kappa shape index (κ3) is 2.72. The second-order valence-corrected chi connectivity index (χ2v) is 2.74. The molecule has 70 valence electrons. The fourth-order valence-electron chi connectivity index (χ4n) is 0.800.